The van der Waals surface area contributed by atoms with Crippen LogP contribution >= 0.6 is 0 Å². The first kappa shape index (κ1) is 26.4. The number of carbonyl (C=O) groups excluding carboxylic acids is 2. The Morgan fingerprint density at radius 3 is 2.44 bits per heavy atom. The normalized spacial score (nSPS) is 25.5. The van der Waals surface area contributed by atoms with Crippen LogP contribution in [-0.4, -0.2) is 77.9 Å². The van der Waals surface area contributed by atoms with Crippen molar-refractivity contribution < 1.29 is 47.5 Å². The van der Waals surface area contributed by atoms with Gasteiger partial charge in [-0.3, -0.25) is 4.79 Å². The molecule has 10 nitrogen and oxygen atoms in total. The molecule has 0 aliphatic carbocycles. The number of hydrogen-bond acceptors (Lipinski definition) is 10. The Kier molecular flexibility index (Phi) is 10.1. The highest BCUT2D eigenvalue weighted by Crippen LogP contribution is 2.34. The van der Waals surface area contributed by atoms with Crippen molar-refractivity contribution in [3.63, 3.8) is 0 Å². The van der Waals surface area contributed by atoms with Crippen LogP contribution in [0, 0.1) is 0 Å². The standard InChI is InChI=1S/C24H34O10/c1-15-7-21-20(31-13-28-3)6-5-18(34-21)10-17(25)8-16-9-19(30-12-27-2)11-22(32-14-29-4)23(16)24(26)33-15/h9,11,15,18,20-21H,5-8,10,12-14H2,1-4H3/t15-,18-,20-,21+/m0/s1. The van der Waals surface area contributed by atoms with Crippen LogP contribution in [0.2, 0.25) is 0 Å². The lowest BCUT2D eigenvalue weighted by Gasteiger charge is -2.37. The largest absolute Gasteiger partial charge is 0.467 e. The highest BCUT2D eigenvalue weighted by molar-refractivity contribution is 5.96. The number of ether oxygens (including phenoxy) is 8. The summed E-state index contributed by atoms with van der Waals surface area (Å²) in [6.07, 6.45) is 0.846. The number of methoxy groups -OCH3 is 3. The van der Waals surface area contributed by atoms with E-state index in [1.54, 1.807) is 26.2 Å². The Balaban J connectivity index is 1.93. The first-order valence-electron chi connectivity index (χ1n) is 11.3. The Hall–Kier alpha value is -2.24. The summed E-state index contributed by atoms with van der Waals surface area (Å²) in [4.78, 5) is 26.3. The number of Topliss-reactive ketones (excluding diaryl/α,β-unsaturated/α-hetero) is 1. The average Bonchev–Trinajstić information content (AvgIpc) is 2.79. The number of benzene rings is 1. The second kappa shape index (κ2) is 13.0. The van der Waals surface area contributed by atoms with Crippen molar-refractivity contribution in [2.75, 3.05) is 41.7 Å². The van der Waals surface area contributed by atoms with E-state index >= 15 is 0 Å². The Morgan fingerprint density at radius 1 is 0.971 bits per heavy atom. The van der Waals surface area contributed by atoms with Crippen LogP contribution in [0.5, 0.6) is 11.5 Å². The van der Waals surface area contributed by atoms with E-state index in [4.69, 9.17) is 37.9 Å². The van der Waals surface area contributed by atoms with Crippen LogP contribution in [0.15, 0.2) is 12.1 Å². The monoisotopic (exact) mass is 482 g/mol. The molecule has 4 atom stereocenters. The van der Waals surface area contributed by atoms with Gasteiger partial charge in [0.25, 0.3) is 0 Å². The second-order valence-corrected chi connectivity index (χ2v) is 8.41. The third-order valence-electron chi connectivity index (χ3n) is 5.71. The minimum absolute atomic E-state index is 0.000465. The van der Waals surface area contributed by atoms with Gasteiger partial charge in [0, 0.05) is 46.7 Å². The van der Waals surface area contributed by atoms with Gasteiger partial charge >= 0.3 is 5.97 Å². The van der Waals surface area contributed by atoms with Crippen LogP contribution in [0.3, 0.4) is 0 Å². The van der Waals surface area contributed by atoms with Gasteiger partial charge < -0.3 is 37.9 Å². The molecule has 2 bridgehead atoms. The summed E-state index contributed by atoms with van der Waals surface area (Å²) in [7, 11) is 4.53. The molecular formula is C24H34O10. The van der Waals surface area contributed by atoms with Gasteiger partial charge in [-0.1, -0.05) is 0 Å². The lowest BCUT2D eigenvalue weighted by molar-refractivity contribution is -0.180. The van der Waals surface area contributed by atoms with Gasteiger partial charge in [-0.2, -0.15) is 0 Å². The predicted octanol–water partition coefficient (Wildman–Crippen LogP) is 2.64. The minimum Gasteiger partial charge on any atom is -0.467 e. The molecular weight excluding hydrogens is 448 g/mol. The molecule has 2 heterocycles. The Bertz CT molecular complexity index is 826. The highest BCUT2D eigenvalue weighted by atomic mass is 16.7. The first-order valence-corrected chi connectivity index (χ1v) is 11.3. The highest BCUT2D eigenvalue weighted by Gasteiger charge is 2.36. The molecule has 2 aliphatic rings. The van der Waals surface area contributed by atoms with E-state index in [2.05, 4.69) is 0 Å². The van der Waals surface area contributed by atoms with Crippen LogP contribution < -0.4 is 9.47 Å². The van der Waals surface area contributed by atoms with E-state index in [0.29, 0.717) is 24.2 Å². The van der Waals surface area contributed by atoms with E-state index in [0.717, 1.165) is 6.42 Å². The lowest BCUT2D eigenvalue weighted by atomic mass is 9.92. The van der Waals surface area contributed by atoms with Gasteiger partial charge in [0.05, 0.1) is 18.3 Å². The van der Waals surface area contributed by atoms with E-state index in [9.17, 15) is 9.59 Å². The summed E-state index contributed by atoms with van der Waals surface area (Å²) < 4.78 is 44.0. The molecule has 0 radical (unpaired) electrons. The Morgan fingerprint density at radius 2 is 1.71 bits per heavy atom. The van der Waals surface area contributed by atoms with Crippen molar-refractivity contribution in [2.24, 2.45) is 0 Å². The molecule has 0 spiro atoms. The van der Waals surface area contributed by atoms with Gasteiger partial charge in [0.15, 0.2) is 13.6 Å². The molecule has 0 unspecified atom stereocenters. The molecule has 34 heavy (non-hydrogen) atoms. The SMILES string of the molecule is COCOc1cc2c(c(OCOC)c1)C(=O)O[C@@H](C)C[C@H]1O[C@@H](CC[C@@H]1OCOC)CC(=O)C2. The summed E-state index contributed by atoms with van der Waals surface area (Å²) >= 11 is 0. The van der Waals surface area contributed by atoms with Crippen molar-refractivity contribution in [1.29, 1.82) is 0 Å². The summed E-state index contributed by atoms with van der Waals surface area (Å²) in [6, 6.07) is 3.20. The van der Waals surface area contributed by atoms with Crippen molar-refractivity contribution in [2.45, 2.75) is 63.4 Å². The van der Waals surface area contributed by atoms with Gasteiger partial charge in [-0.15, -0.1) is 0 Å². The molecule has 0 amide bonds. The molecule has 1 saturated heterocycles. The maximum Gasteiger partial charge on any atom is 0.342 e. The van der Waals surface area contributed by atoms with Gasteiger partial charge in [-0.25, -0.2) is 4.79 Å². The molecule has 1 fully saturated rings. The van der Waals surface area contributed by atoms with Crippen molar-refractivity contribution in [1.82, 2.24) is 0 Å². The number of hydrogen-bond donors (Lipinski definition) is 0. The van der Waals surface area contributed by atoms with E-state index < -0.39 is 12.1 Å². The first-order chi connectivity index (χ1) is 16.4. The van der Waals surface area contributed by atoms with E-state index in [1.165, 1.54) is 14.2 Å². The lowest BCUT2D eigenvalue weighted by Crippen LogP contribution is -2.43. The molecule has 0 aromatic heterocycles. The topological polar surface area (TPSA) is 108 Å². The molecule has 10 heteroatoms. The number of rotatable bonds is 9. The fourth-order valence-electron chi connectivity index (χ4n) is 4.26. The summed E-state index contributed by atoms with van der Waals surface area (Å²) in [6.45, 7) is 1.86. The summed E-state index contributed by atoms with van der Waals surface area (Å²) in [5, 5.41) is 0. The zero-order valence-corrected chi connectivity index (χ0v) is 20.2. The maximum absolute atomic E-state index is 13.3. The van der Waals surface area contributed by atoms with Crippen LogP contribution in [0.4, 0.5) is 0 Å². The van der Waals surface area contributed by atoms with Crippen LogP contribution in [0.25, 0.3) is 0 Å². The molecule has 1 aromatic rings. The minimum atomic E-state index is -0.595. The molecule has 3 rings (SSSR count). The van der Waals surface area contributed by atoms with Gasteiger partial charge in [0.1, 0.15) is 35.7 Å². The van der Waals surface area contributed by atoms with Gasteiger partial charge in [-0.05, 0) is 31.4 Å². The summed E-state index contributed by atoms with van der Waals surface area (Å²) in [5.74, 6) is -0.0453. The number of fused-ring (bicyclic) bond motifs is 3. The smallest absolute Gasteiger partial charge is 0.342 e. The second-order valence-electron chi connectivity index (χ2n) is 8.41. The summed E-state index contributed by atoms with van der Waals surface area (Å²) in [5.41, 5.74) is 0.636. The van der Waals surface area contributed by atoms with Crippen LogP contribution in [-0.2, 0) is 39.6 Å². The number of ketones is 1. The van der Waals surface area contributed by atoms with Crippen molar-refractivity contribution >= 4 is 11.8 Å². The van der Waals surface area contributed by atoms with Crippen molar-refractivity contribution in [3.05, 3.63) is 23.3 Å². The third kappa shape index (κ3) is 7.13. The average molecular weight is 483 g/mol. The van der Waals surface area contributed by atoms with Crippen molar-refractivity contribution in [3.8, 4) is 11.5 Å². The van der Waals surface area contributed by atoms with Crippen LogP contribution in [0.1, 0.15) is 48.5 Å². The maximum atomic E-state index is 13.3. The molecule has 190 valence electrons. The molecule has 0 saturated carbocycles. The number of carbonyl (C=O) groups is 2. The quantitative estimate of drug-likeness (QED) is 0.385. The van der Waals surface area contributed by atoms with Gasteiger partial charge in [0.2, 0.25) is 0 Å². The predicted molar refractivity (Wildman–Crippen MR) is 119 cm³/mol. The molecule has 1 aromatic carbocycles. The number of cyclic esters (lactones) is 1. The molecule has 0 N–H and O–H groups in total. The van der Waals surface area contributed by atoms with E-state index in [-0.39, 0.29) is 68.6 Å². The fourth-order valence-corrected chi connectivity index (χ4v) is 4.26. The zero-order chi connectivity index (χ0) is 24.5. The number of esters is 1. The Labute approximate surface area is 199 Å². The zero-order valence-electron chi connectivity index (χ0n) is 20.2. The van der Waals surface area contributed by atoms with E-state index in [1.807, 2.05) is 0 Å². The molecule has 2 aliphatic heterocycles. The third-order valence-corrected chi connectivity index (χ3v) is 5.71. The fraction of sp³-hybridized carbons (Fsp3) is 0.667.